The summed E-state index contributed by atoms with van der Waals surface area (Å²) in [6.07, 6.45) is 3.84. The van der Waals surface area contributed by atoms with E-state index >= 15 is 0 Å². The van der Waals surface area contributed by atoms with Crippen molar-refractivity contribution in [2.24, 2.45) is 0 Å². The molecule has 0 spiro atoms. The van der Waals surface area contributed by atoms with E-state index < -0.39 is 0 Å². The number of benzene rings is 2. The van der Waals surface area contributed by atoms with Crippen molar-refractivity contribution in [3.05, 3.63) is 77.7 Å². The highest BCUT2D eigenvalue weighted by atomic mass is 16.2. The zero-order valence-electron chi connectivity index (χ0n) is 15.7. The van der Waals surface area contributed by atoms with Gasteiger partial charge in [0.25, 0.3) is 5.91 Å². The Morgan fingerprint density at radius 3 is 2.64 bits per heavy atom. The van der Waals surface area contributed by atoms with E-state index in [1.54, 1.807) is 23.1 Å². The summed E-state index contributed by atoms with van der Waals surface area (Å²) in [7, 11) is 0. The van der Waals surface area contributed by atoms with Gasteiger partial charge in [-0.05, 0) is 44.0 Å². The Morgan fingerprint density at radius 1 is 1.07 bits per heavy atom. The van der Waals surface area contributed by atoms with Crippen molar-refractivity contribution >= 4 is 28.9 Å². The first-order chi connectivity index (χ1) is 13.5. The van der Waals surface area contributed by atoms with E-state index in [0.717, 1.165) is 17.8 Å². The van der Waals surface area contributed by atoms with Crippen LogP contribution in [-0.2, 0) is 6.42 Å². The molecule has 1 aliphatic heterocycles. The number of amides is 1. The molecule has 0 saturated carbocycles. The van der Waals surface area contributed by atoms with Gasteiger partial charge in [0.2, 0.25) is 0 Å². The molecule has 1 unspecified atom stereocenters. The number of para-hydroxylation sites is 1. The molecule has 1 aromatic heterocycles. The number of Topliss-reactive ketones (excluding diaryl/α,β-unsaturated/α-hetero) is 1. The van der Waals surface area contributed by atoms with Gasteiger partial charge < -0.3 is 10.2 Å². The fourth-order valence-corrected chi connectivity index (χ4v) is 3.47. The molecule has 6 heteroatoms. The van der Waals surface area contributed by atoms with E-state index in [4.69, 9.17) is 0 Å². The molecule has 3 aromatic rings. The van der Waals surface area contributed by atoms with Gasteiger partial charge in [0.05, 0.1) is 12.4 Å². The summed E-state index contributed by atoms with van der Waals surface area (Å²) in [6.45, 7) is 3.56. The largest absolute Gasteiger partial charge is 0.339 e. The summed E-state index contributed by atoms with van der Waals surface area (Å²) in [5.41, 5.74) is 3.76. The van der Waals surface area contributed by atoms with Crippen molar-refractivity contribution in [3.63, 3.8) is 0 Å². The Bertz CT molecular complexity index is 1050. The lowest BCUT2D eigenvalue weighted by Gasteiger charge is -2.22. The summed E-state index contributed by atoms with van der Waals surface area (Å²) in [6, 6.07) is 15.2. The third-order valence-corrected chi connectivity index (χ3v) is 4.84. The first kappa shape index (κ1) is 17.9. The van der Waals surface area contributed by atoms with Crippen molar-refractivity contribution in [3.8, 4) is 0 Å². The first-order valence-electron chi connectivity index (χ1n) is 9.14. The Balaban J connectivity index is 1.53. The van der Waals surface area contributed by atoms with E-state index in [2.05, 4.69) is 15.3 Å². The van der Waals surface area contributed by atoms with Crippen LogP contribution in [0.1, 0.15) is 40.3 Å². The van der Waals surface area contributed by atoms with Gasteiger partial charge >= 0.3 is 0 Å². The number of nitrogens with zero attached hydrogens (tertiary/aromatic N) is 3. The normalized spacial score (nSPS) is 15.2. The van der Waals surface area contributed by atoms with Crippen molar-refractivity contribution in [2.45, 2.75) is 26.3 Å². The minimum absolute atomic E-state index is 0.00399. The minimum atomic E-state index is -0.157. The highest BCUT2D eigenvalue weighted by Gasteiger charge is 2.31. The molecule has 0 radical (unpaired) electrons. The van der Waals surface area contributed by atoms with E-state index in [9.17, 15) is 9.59 Å². The number of fused-ring (bicyclic) bond motifs is 1. The van der Waals surface area contributed by atoms with Crippen LogP contribution in [0.4, 0.5) is 17.2 Å². The number of hydrogen-bond donors (Lipinski definition) is 1. The molecular weight excluding hydrogens is 352 g/mol. The summed E-state index contributed by atoms with van der Waals surface area (Å²) >= 11 is 0. The average molecular weight is 372 g/mol. The van der Waals surface area contributed by atoms with Crippen molar-refractivity contribution < 1.29 is 9.59 Å². The number of nitrogens with one attached hydrogen (secondary N) is 1. The summed E-state index contributed by atoms with van der Waals surface area (Å²) < 4.78 is 0. The molecule has 0 saturated heterocycles. The third-order valence-electron chi connectivity index (χ3n) is 4.84. The Labute approximate surface area is 163 Å². The van der Waals surface area contributed by atoms with Crippen molar-refractivity contribution in [1.82, 2.24) is 9.97 Å². The minimum Gasteiger partial charge on any atom is -0.339 e. The molecule has 140 valence electrons. The molecule has 6 nitrogen and oxygen atoms in total. The third kappa shape index (κ3) is 3.36. The lowest BCUT2D eigenvalue weighted by molar-refractivity contribution is 0.0974. The molecule has 2 heterocycles. The highest BCUT2D eigenvalue weighted by molar-refractivity contribution is 6.06. The maximum Gasteiger partial charge on any atom is 0.278 e. The van der Waals surface area contributed by atoms with Gasteiger partial charge in [-0.15, -0.1) is 0 Å². The monoisotopic (exact) mass is 372 g/mol. The Kier molecular flexibility index (Phi) is 4.61. The first-order valence-corrected chi connectivity index (χ1v) is 9.14. The molecule has 28 heavy (non-hydrogen) atoms. The number of aromatic nitrogens is 2. The zero-order valence-corrected chi connectivity index (χ0v) is 15.7. The molecule has 1 aliphatic rings. The zero-order chi connectivity index (χ0) is 19.7. The van der Waals surface area contributed by atoms with Crippen LogP contribution in [-0.4, -0.2) is 27.7 Å². The second kappa shape index (κ2) is 7.23. The maximum absolute atomic E-state index is 13.0. The fourth-order valence-electron chi connectivity index (χ4n) is 3.47. The SMILES string of the molecule is CC(=O)c1cccc(Nc2cnc(C(=O)N3c4ccccc4CC3C)cn2)c1. The van der Waals surface area contributed by atoms with E-state index in [-0.39, 0.29) is 17.7 Å². The number of anilines is 3. The van der Waals surface area contributed by atoms with Crippen LogP contribution < -0.4 is 10.2 Å². The molecule has 1 N–H and O–H groups in total. The van der Waals surface area contributed by atoms with Crippen LogP contribution in [0.2, 0.25) is 0 Å². The predicted octanol–water partition coefficient (Wildman–Crippen LogP) is 4.01. The smallest absolute Gasteiger partial charge is 0.278 e. The molecular formula is C22H20N4O2. The van der Waals surface area contributed by atoms with Crippen molar-refractivity contribution in [1.29, 1.82) is 0 Å². The Hall–Kier alpha value is -3.54. The number of hydrogen-bond acceptors (Lipinski definition) is 5. The van der Waals surface area contributed by atoms with E-state index in [1.807, 2.05) is 37.3 Å². The van der Waals surface area contributed by atoms with Crippen LogP contribution in [0.3, 0.4) is 0 Å². The Morgan fingerprint density at radius 2 is 1.89 bits per heavy atom. The topological polar surface area (TPSA) is 75.2 Å². The van der Waals surface area contributed by atoms with Gasteiger partial charge in [-0.2, -0.15) is 0 Å². The number of carbonyl (C=O) groups is 2. The molecule has 0 fully saturated rings. The quantitative estimate of drug-likeness (QED) is 0.700. The van der Waals surface area contributed by atoms with Gasteiger partial charge in [-0.25, -0.2) is 9.97 Å². The summed E-state index contributed by atoms with van der Waals surface area (Å²) in [5.74, 6) is 0.345. The maximum atomic E-state index is 13.0. The fraction of sp³-hybridized carbons (Fsp3) is 0.182. The lowest BCUT2D eigenvalue weighted by Crippen LogP contribution is -2.36. The summed E-state index contributed by atoms with van der Waals surface area (Å²) in [5, 5.41) is 3.11. The molecule has 0 aliphatic carbocycles. The number of ketones is 1. The van der Waals surface area contributed by atoms with Gasteiger partial charge in [0.15, 0.2) is 5.78 Å². The molecule has 2 aromatic carbocycles. The van der Waals surface area contributed by atoms with Gasteiger partial charge in [-0.3, -0.25) is 9.59 Å². The number of carbonyl (C=O) groups excluding carboxylic acids is 2. The molecule has 1 amide bonds. The molecule has 1 atom stereocenters. The second-order valence-electron chi connectivity index (χ2n) is 6.91. The van der Waals surface area contributed by atoms with Crippen LogP contribution in [0.25, 0.3) is 0 Å². The van der Waals surface area contributed by atoms with Crippen molar-refractivity contribution in [2.75, 3.05) is 10.2 Å². The second-order valence-corrected chi connectivity index (χ2v) is 6.91. The van der Waals surface area contributed by atoms with E-state index in [0.29, 0.717) is 17.1 Å². The molecule has 4 rings (SSSR count). The predicted molar refractivity (Wildman–Crippen MR) is 108 cm³/mol. The number of rotatable bonds is 4. The van der Waals surface area contributed by atoms with Gasteiger partial charge in [0, 0.05) is 23.0 Å². The van der Waals surface area contributed by atoms with Crippen LogP contribution in [0, 0.1) is 0 Å². The van der Waals surface area contributed by atoms with E-state index in [1.165, 1.54) is 24.9 Å². The standard InChI is InChI=1S/C22H20N4O2/c1-14-10-17-6-3-4-9-20(17)26(14)22(28)19-12-24-21(13-23-19)25-18-8-5-7-16(11-18)15(2)27/h3-9,11-14H,10H2,1-2H3,(H,24,25). The van der Waals surface area contributed by atoms with Crippen LogP contribution >= 0.6 is 0 Å². The summed E-state index contributed by atoms with van der Waals surface area (Å²) in [4.78, 5) is 34.9. The molecule has 0 bridgehead atoms. The van der Waals surface area contributed by atoms with Gasteiger partial charge in [-0.1, -0.05) is 30.3 Å². The van der Waals surface area contributed by atoms with Gasteiger partial charge in [0.1, 0.15) is 11.5 Å². The van der Waals surface area contributed by atoms with Crippen LogP contribution in [0.5, 0.6) is 0 Å². The average Bonchev–Trinajstić information content (AvgIpc) is 3.04. The lowest BCUT2D eigenvalue weighted by atomic mass is 10.1. The van der Waals surface area contributed by atoms with Crippen LogP contribution in [0.15, 0.2) is 60.9 Å². The highest BCUT2D eigenvalue weighted by Crippen LogP contribution is 2.32.